The number of carbonyl (C=O) groups excluding carboxylic acids is 1. The van der Waals surface area contributed by atoms with E-state index < -0.39 is 10.0 Å². The molecule has 1 aromatic rings. The van der Waals surface area contributed by atoms with Crippen LogP contribution in [0.15, 0.2) is 21.7 Å². The van der Waals surface area contributed by atoms with Gasteiger partial charge < -0.3 is 5.32 Å². The van der Waals surface area contributed by atoms with Gasteiger partial charge >= 0.3 is 0 Å². The number of amides is 1. The van der Waals surface area contributed by atoms with Gasteiger partial charge in [-0.1, -0.05) is 25.3 Å². The van der Waals surface area contributed by atoms with Gasteiger partial charge in [-0.05, 0) is 24.3 Å². The quantitative estimate of drug-likeness (QED) is 0.901. The Kier molecular flexibility index (Phi) is 5.17. The van der Waals surface area contributed by atoms with Crippen molar-refractivity contribution in [3.05, 3.63) is 17.5 Å². The van der Waals surface area contributed by atoms with Gasteiger partial charge in [0.15, 0.2) is 0 Å². The summed E-state index contributed by atoms with van der Waals surface area (Å²) in [5.74, 6) is -0.223. The van der Waals surface area contributed by atoms with E-state index in [0.717, 1.165) is 41.3 Å². The molecule has 1 aliphatic carbocycles. The molecule has 0 spiro atoms. The normalized spacial score (nSPS) is 17.3. The summed E-state index contributed by atoms with van der Waals surface area (Å²) >= 11 is 1.16. The highest BCUT2D eigenvalue weighted by molar-refractivity contribution is 7.91. The molecule has 0 atom stereocenters. The Morgan fingerprint density at radius 2 is 2.10 bits per heavy atom. The van der Waals surface area contributed by atoms with Gasteiger partial charge in [-0.3, -0.25) is 4.79 Å². The van der Waals surface area contributed by atoms with Crippen LogP contribution in [0, 0.1) is 0 Å². The monoisotopic (exact) mass is 316 g/mol. The second-order valence-electron chi connectivity index (χ2n) is 5.10. The molecule has 0 bridgehead atoms. The van der Waals surface area contributed by atoms with E-state index in [1.165, 1.54) is 13.5 Å². The van der Waals surface area contributed by atoms with Crippen molar-refractivity contribution in [1.82, 2.24) is 9.62 Å². The number of hydrogen-bond donors (Lipinski definition) is 1. The molecule has 2 rings (SSSR count). The van der Waals surface area contributed by atoms with Crippen molar-refractivity contribution < 1.29 is 13.2 Å². The zero-order valence-corrected chi connectivity index (χ0v) is 13.2. The zero-order valence-electron chi connectivity index (χ0n) is 11.5. The lowest BCUT2D eigenvalue weighted by Crippen LogP contribution is -2.43. The average molecular weight is 316 g/mol. The molecule has 1 saturated carbocycles. The van der Waals surface area contributed by atoms with E-state index in [2.05, 4.69) is 5.32 Å². The van der Waals surface area contributed by atoms with Gasteiger partial charge in [0.05, 0.1) is 6.54 Å². The number of nitrogens with zero attached hydrogens (tertiary/aromatic N) is 1. The molecule has 0 saturated heterocycles. The summed E-state index contributed by atoms with van der Waals surface area (Å²) in [7, 11) is -2.10. The Hall–Kier alpha value is -0.920. The summed E-state index contributed by atoms with van der Waals surface area (Å²) < 4.78 is 25.7. The number of likely N-dealkylation sites (N-methyl/N-ethyl adjacent to an activating group) is 1. The lowest BCUT2D eigenvalue weighted by Gasteiger charge is -2.24. The summed E-state index contributed by atoms with van der Waals surface area (Å²) in [6, 6.07) is 3.44. The van der Waals surface area contributed by atoms with Crippen LogP contribution >= 0.6 is 11.3 Å². The van der Waals surface area contributed by atoms with Crippen LogP contribution in [0.4, 0.5) is 0 Å². The maximum Gasteiger partial charge on any atom is 0.252 e. The third kappa shape index (κ3) is 3.80. The van der Waals surface area contributed by atoms with Crippen molar-refractivity contribution in [2.24, 2.45) is 0 Å². The highest BCUT2D eigenvalue weighted by Crippen LogP contribution is 2.20. The maximum atomic E-state index is 12.2. The molecule has 0 radical (unpaired) electrons. The molecule has 0 aromatic carbocycles. The second-order valence-corrected chi connectivity index (χ2v) is 8.32. The van der Waals surface area contributed by atoms with Gasteiger partial charge in [-0.2, -0.15) is 4.31 Å². The third-order valence-electron chi connectivity index (χ3n) is 3.50. The largest absolute Gasteiger partial charge is 0.352 e. The molecule has 1 aliphatic rings. The Morgan fingerprint density at radius 1 is 1.40 bits per heavy atom. The first-order chi connectivity index (χ1) is 9.50. The van der Waals surface area contributed by atoms with E-state index in [0.29, 0.717) is 0 Å². The van der Waals surface area contributed by atoms with Gasteiger partial charge in [-0.25, -0.2) is 8.42 Å². The minimum Gasteiger partial charge on any atom is -0.352 e. The van der Waals surface area contributed by atoms with Crippen molar-refractivity contribution in [3.63, 3.8) is 0 Å². The molecular formula is C13H20N2O3S2. The predicted octanol–water partition coefficient (Wildman–Crippen LogP) is 1.82. The topological polar surface area (TPSA) is 66.5 Å². The molecule has 20 heavy (non-hydrogen) atoms. The van der Waals surface area contributed by atoms with E-state index in [-0.39, 0.29) is 22.7 Å². The van der Waals surface area contributed by atoms with E-state index in [1.807, 2.05) is 0 Å². The summed E-state index contributed by atoms with van der Waals surface area (Å²) in [5.41, 5.74) is 0. The van der Waals surface area contributed by atoms with Gasteiger partial charge in [0.25, 0.3) is 10.0 Å². The second kappa shape index (κ2) is 6.69. The zero-order chi connectivity index (χ0) is 14.6. The van der Waals surface area contributed by atoms with Crippen LogP contribution in [-0.4, -0.2) is 38.3 Å². The van der Waals surface area contributed by atoms with Crippen LogP contribution in [0.2, 0.25) is 0 Å². The summed E-state index contributed by atoms with van der Waals surface area (Å²) in [5, 5.41) is 4.64. The molecule has 1 N–H and O–H groups in total. The summed E-state index contributed by atoms with van der Waals surface area (Å²) in [6.07, 6.45) is 5.47. The van der Waals surface area contributed by atoms with Gasteiger partial charge in [0.1, 0.15) is 4.21 Å². The molecule has 5 nitrogen and oxygen atoms in total. The van der Waals surface area contributed by atoms with Crippen LogP contribution in [0.25, 0.3) is 0 Å². The summed E-state index contributed by atoms with van der Waals surface area (Å²) in [6.45, 7) is -0.128. The minimum atomic E-state index is -3.54. The number of rotatable bonds is 5. The smallest absolute Gasteiger partial charge is 0.252 e. The Labute approximate surface area is 124 Å². The van der Waals surface area contributed by atoms with E-state index in [1.54, 1.807) is 17.5 Å². The third-order valence-corrected chi connectivity index (χ3v) is 6.67. The molecule has 1 aromatic heterocycles. The Morgan fingerprint density at radius 3 is 2.70 bits per heavy atom. The van der Waals surface area contributed by atoms with Crippen molar-refractivity contribution in [3.8, 4) is 0 Å². The molecule has 0 unspecified atom stereocenters. The van der Waals surface area contributed by atoms with Crippen LogP contribution in [0.1, 0.15) is 32.1 Å². The first-order valence-electron chi connectivity index (χ1n) is 6.79. The van der Waals surface area contributed by atoms with E-state index >= 15 is 0 Å². The highest BCUT2D eigenvalue weighted by atomic mass is 32.2. The van der Waals surface area contributed by atoms with Crippen molar-refractivity contribution >= 4 is 27.3 Å². The maximum absolute atomic E-state index is 12.2. The van der Waals surface area contributed by atoms with Crippen molar-refractivity contribution in [1.29, 1.82) is 0 Å². The van der Waals surface area contributed by atoms with Crippen LogP contribution in [0.5, 0.6) is 0 Å². The minimum absolute atomic E-state index is 0.128. The predicted molar refractivity (Wildman–Crippen MR) is 79.2 cm³/mol. The molecule has 112 valence electrons. The molecular weight excluding hydrogens is 296 g/mol. The fourth-order valence-electron chi connectivity index (χ4n) is 2.37. The van der Waals surface area contributed by atoms with Gasteiger partial charge in [-0.15, -0.1) is 11.3 Å². The molecule has 0 aliphatic heterocycles. The fraction of sp³-hybridized carbons (Fsp3) is 0.615. The van der Waals surface area contributed by atoms with Crippen LogP contribution < -0.4 is 5.32 Å². The van der Waals surface area contributed by atoms with Gasteiger partial charge in [0.2, 0.25) is 5.91 Å². The molecule has 1 fully saturated rings. The fourth-order valence-corrected chi connectivity index (χ4v) is 4.70. The highest BCUT2D eigenvalue weighted by Gasteiger charge is 2.25. The first kappa shape index (κ1) is 15.5. The average Bonchev–Trinajstić information content (AvgIpc) is 2.94. The van der Waals surface area contributed by atoms with Crippen LogP contribution in [0.3, 0.4) is 0 Å². The summed E-state index contributed by atoms with van der Waals surface area (Å²) in [4.78, 5) is 11.9. The number of thiophene rings is 1. The Balaban J connectivity index is 1.90. The first-order valence-corrected chi connectivity index (χ1v) is 9.11. The number of sulfonamides is 1. The van der Waals surface area contributed by atoms with E-state index in [9.17, 15) is 13.2 Å². The van der Waals surface area contributed by atoms with Crippen LogP contribution in [-0.2, 0) is 14.8 Å². The van der Waals surface area contributed by atoms with Gasteiger partial charge in [0, 0.05) is 13.1 Å². The van der Waals surface area contributed by atoms with E-state index in [4.69, 9.17) is 0 Å². The van der Waals surface area contributed by atoms with Crippen molar-refractivity contribution in [2.75, 3.05) is 13.6 Å². The molecule has 1 heterocycles. The van der Waals surface area contributed by atoms with Crippen molar-refractivity contribution in [2.45, 2.75) is 42.4 Å². The number of carbonyl (C=O) groups is 1. The lowest BCUT2D eigenvalue weighted by atomic mass is 9.95. The Bertz CT molecular complexity index is 534. The standard InChI is InChI=1S/C13H20N2O3S2/c1-15(20(17,18)13-8-5-9-19-13)10-12(16)14-11-6-3-2-4-7-11/h5,8-9,11H,2-4,6-7,10H2,1H3,(H,14,16). The number of nitrogens with one attached hydrogen (secondary N) is 1. The number of hydrogen-bond acceptors (Lipinski definition) is 4. The molecule has 7 heteroatoms. The lowest BCUT2D eigenvalue weighted by molar-refractivity contribution is -0.122. The molecule has 1 amide bonds. The SMILES string of the molecule is CN(CC(=O)NC1CCCCC1)S(=O)(=O)c1cccs1.